The van der Waals surface area contributed by atoms with Crippen LogP contribution in [0.3, 0.4) is 0 Å². The number of thioether (sulfide) groups is 1. The lowest BCUT2D eigenvalue weighted by molar-refractivity contribution is -0.137. The van der Waals surface area contributed by atoms with Gasteiger partial charge in [-0.1, -0.05) is 60.4 Å². The van der Waals surface area contributed by atoms with Gasteiger partial charge < -0.3 is 5.32 Å². The smallest absolute Gasteiger partial charge is 0.302 e. The van der Waals surface area contributed by atoms with Crippen molar-refractivity contribution < 1.29 is 27.2 Å². The predicted octanol–water partition coefficient (Wildman–Crippen LogP) is 6.12. The first-order valence-electron chi connectivity index (χ1n) is 10.5. The molecule has 4 rings (SSSR count). The van der Waals surface area contributed by atoms with Crippen LogP contribution in [0.25, 0.3) is 6.08 Å². The van der Waals surface area contributed by atoms with E-state index in [9.17, 15) is 27.2 Å². The van der Waals surface area contributed by atoms with Crippen molar-refractivity contribution in [1.82, 2.24) is 9.88 Å². The van der Waals surface area contributed by atoms with Gasteiger partial charge in [0, 0.05) is 36.0 Å². The molecule has 1 aliphatic rings. The molecule has 1 N–H and O–H groups in total. The number of aromatic nitrogens is 1. The number of alkyl halides is 3. The van der Waals surface area contributed by atoms with E-state index in [4.69, 9.17) is 12.2 Å². The number of carbonyl (C=O) groups is 2. The predicted molar refractivity (Wildman–Crippen MR) is 136 cm³/mol. The van der Waals surface area contributed by atoms with Gasteiger partial charge in [-0.05, 0) is 23.8 Å². The third-order valence-corrected chi connectivity index (χ3v) is 7.35. The van der Waals surface area contributed by atoms with Gasteiger partial charge in [-0.3, -0.25) is 14.5 Å². The average Bonchev–Trinajstić information content (AvgIpc) is 3.36. The number of hydrogen-bond acceptors (Lipinski definition) is 6. The first kappa shape index (κ1) is 26.0. The Balaban J connectivity index is 1.32. The summed E-state index contributed by atoms with van der Waals surface area (Å²) in [6.45, 7) is 0.0353. The number of anilines is 1. The lowest BCUT2D eigenvalue weighted by Crippen LogP contribution is -2.31. The summed E-state index contributed by atoms with van der Waals surface area (Å²) in [4.78, 5) is 31.4. The first-order valence-corrected chi connectivity index (χ1v) is 12.5. The average molecular weight is 552 g/mol. The Morgan fingerprint density at radius 2 is 1.94 bits per heavy atom. The van der Waals surface area contributed by atoms with Crippen LogP contribution in [0.5, 0.6) is 0 Å². The zero-order chi connectivity index (χ0) is 25.9. The Kier molecular flexibility index (Phi) is 7.86. The van der Waals surface area contributed by atoms with E-state index in [1.165, 1.54) is 29.3 Å². The van der Waals surface area contributed by atoms with E-state index in [0.29, 0.717) is 15.6 Å². The number of rotatable bonds is 7. The Morgan fingerprint density at radius 1 is 1.17 bits per heavy atom. The second kappa shape index (κ2) is 10.9. The van der Waals surface area contributed by atoms with E-state index in [0.717, 1.165) is 35.2 Å². The summed E-state index contributed by atoms with van der Waals surface area (Å²) in [5, 5.41) is 2.93. The van der Waals surface area contributed by atoms with E-state index in [1.54, 1.807) is 24.3 Å². The summed E-state index contributed by atoms with van der Waals surface area (Å²) in [7, 11) is 0. The van der Waals surface area contributed by atoms with Crippen LogP contribution in [-0.4, -0.2) is 32.6 Å². The number of carbonyl (C=O) groups excluding carboxylic acids is 2. The fraction of sp³-hybridized carbons (Fsp3) is 0.167. The highest BCUT2D eigenvalue weighted by molar-refractivity contribution is 8.26. The number of halogens is 4. The van der Waals surface area contributed by atoms with Crippen molar-refractivity contribution in [1.29, 1.82) is 0 Å². The Labute approximate surface area is 217 Å². The van der Waals surface area contributed by atoms with Gasteiger partial charge in [-0.2, -0.15) is 13.2 Å². The van der Waals surface area contributed by atoms with Crippen molar-refractivity contribution in [2.45, 2.75) is 19.0 Å². The van der Waals surface area contributed by atoms with E-state index in [-0.39, 0.29) is 34.2 Å². The van der Waals surface area contributed by atoms with Gasteiger partial charge >= 0.3 is 6.18 Å². The summed E-state index contributed by atoms with van der Waals surface area (Å²) in [5.74, 6) is -1.27. The standard InChI is InChI=1S/C24H17F4N3O2S3/c25-18-7-2-1-5-15(18)12-19-21(33)31(23(34)36-19)9-8-20(32)30-22-29-13-17(35-22)11-14-4-3-6-16(10-14)24(26,27)28/h1-7,10,12-13H,8-9,11H2,(H,29,30,32). The highest BCUT2D eigenvalue weighted by atomic mass is 32.2. The molecule has 1 fully saturated rings. The second-order valence-electron chi connectivity index (χ2n) is 7.66. The molecule has 0 radical (unpaired) electrons. The summed E-state index contributed by atoms with van der Waals surface area (Å²) in [5.41, 5.74) is 0.0158. The molecule has 0 spiro atoms. The molecule has 186 valence electrons. The first-order chi connectivity index (χ1) is 17.1. The van der Waals surface area contributed by atoms with Gasteiger partial charge in [0.05, 0.1) is 10.5 Å². The number of thiazole rings is 1. The molecule has 36 heavy (non-hydrogen) atoms. The number of benzene rings is 2. The molecule has 5 nitrogen and oxygen atoms in total. The summed E-state index contributed by atoms with van der Waals surface area (Å²) in [6.07, 6.45) is -1.31. The molecule has 1 aromatic heterocycles. The van der Waals surface area contributed by atoms with Crippen molar-refractivity contribution in [3.63, 3.8) is 0 Å². The van der Waals surface area contributed by atoms with E-state index in [1.807, 2.05) is 0 Å². The summed E-state index contributed by atoms with van der Waals surface area (Å²) < 4.78 is 52.9. The fourth-order valence-corrected chi connectivity index (χ4v) is 5.49. The highest BCUT2D eigenvalue weighted by Crippen LogP contribution is 2.33. The van der Waals surface area contributed by atoms with Crippen LogP contribution in [0.1, 0.15) is 28.0 Å². The third kappa shape index (κ3) is 6.37. The lowest BCUT2D eigenvalue weighted by atomic mass is 10.1. The minimum atomic E-state index is -4.42. The van der Waals surface area contributed by atoms with Crippen molar-refractivity contribution in [2.24, 2.45) is 0 Å². The van der Waals surface area contributed by atoms with Crippen LogP contribution in [0.2, 0.25) is 0 Å². The number of nitrogens with one attached hydrogen (secondary N) is 1. The molecule has 1 aliphatic heterocycles. The number of thiocarbonyl (C=S) groups is 1. The molecule has 0 bridgehead atoms. The third-order valence-electron chi connectivity index (χ3n) is 5.06. The zero-order valence-corrected chi connectivity index (χ0v) is 20.8. The number of nitrogens with zero attached hydrogens (tertiary/aromatic N) is 2. The summed E-state index contributed by atoms with van der Waals surface area (Å²) >= 11 is 7.43. The van der Waals surface area contributed by atoms with Gasteiger partial charge in [0.1, 0.15) is 10.1 Å². The molecule has 0 aliphatic carbocycles. The quantitative estimate of drug-likeness (QED) is 0.218. The maximum Gasteiger partial charge on any atom is 0.416 e. The SMILES string of the molecule is O=C(CCN1C(=O)C(=Cc2ccccc2F)SC1=S)Nc1ncc(Cc2cccc(C(F)(F)F)c2)s1. The van der Waals surface area contributed by atoms with Gasteiger partial charge in [-0.25, -0.2) is 9.37 Å². The van der Waals surface area contributed by atoms with Crippen molar-refractivity contribution in [3.05, 3.63) is 87.0 Å². The lowest BCUT2D eigenvalue weighted by Gasteiger charge is -2.13. The fourth-order valence-electron chi connectivity index (χ4n) is 3.33. The highest BCUT2D eigenvalue weighted by Gasteiger charge is 2.32. The van der Waals surface area contributed by atoms with Gasteiger partial charge in [0.25, 0.3) is 5.91 Å². The van der Waals surface area contributed by atoms with Gasteiger partial charge in [0.15, 0.2) is 5.13 Å². The Hall–Kier alpha value is -3.09. The molecule has 2 aromatic carbocycles. The maximum absolute atomic E-state index is 13.9. The molecule has 2 heterocycles. The molecule has 0 unspecified atom stereocenters. The minimum Gasteiger partial charge on any atom is -0.302 e. The minimum absolute atomic E-state index is 0.0353. The summed E-state index contributed by atoms with van der Waals surface area (Å²) in [6, 6.07) is 11.1. The normalized spacial score (nSPS) is 15.1. The second-order valence-corrected chi connectivity index (χ2v) is 10.5. The zero-order valence-electron chi connectivity index (χ0n) is 18.3. The Bertz CT molecular complexity index is 1350. The van der Waals surface area contributed by atoms with Crippen LogP contribution >= 0.6 is 35.3 Å². The largest absolute Gasteiger partial charge is 0.416 e. The Morgan fingerprint density at radius 3 is 2.69 bits per heavy atom. The van der Waals surface area contributed by atoms with Gasteiger partial charge in [0.2, 0.25) is 5.91 Å². The van der Waals surface area contributed by atoms with Crippen LogP contribution in [0, 0.1) is 5.82 Å². The molecule has 3 aromatic rings. The molecular weight excluding hydrogens is 534 g/mol. The van der Waals surface area contributed by atoms with Gasteiger partial charge in [-0.15, -0.1) is 11.3 Å². The van der Waals surface area contributed by atoms with Crippen molar-refractivity contribution >= 4 is 62.7 Å². The molecule has 0 atom stereocenters. The molecule has 12 heteroatoms. The topological polar surface area (TPSA) is 62.3 Å². The number of hydrogen-bond donors (Lipinski definition) is 1. The van der Waals surface area contributed by atoms with Crippen molar-refractivity contribution in [3.8, 4) is 0 Å². The maximum atomic E-state index is 13.9. The monoisotopic (exact) mass is 551 g/mol. The molecule has 1 saturated heterocycles. The van der Waals surface area contributed by atoms with Crippen LogP contribution < -0.4 is 5.32 Å². The molecule has 0 saturated carbocycles. The van der Waals surface area contributed by atoms with E-state index < -0.39 is 29.4 Å². The molecule has 2 amide bonds. The van der Waals surface area contributed by atoms with E-state index >= 15 is 0 Å². The van der Waals surface area contributed by atoms with E-state index in [2.05, 4.69) is 10.3 Å². The van der Waals surface area contributed by atoms with Crippen molar-refractivity contribution in [2.75, 3.05) is 11.9 Å². The number of amides is 2. The van der Waals surface area contributed by atoms with Crippen LogP contribution in [-0.2, 0) is 22.2 Å². The van der Waals surface area contributed by atoms with Crippen LogP contribution in [0.15, 0.2) is 59.6 Å². The molecular formula is C24H17F4N3O2S3. The van der Waals surface area contributed by atoms with Crippen LogP contribution in [0.4, 0.5) is 22.7 Å².